The third-order valence-corrected chi connectivity index (χ3v) is 5.27. The Morgan fingerprint density at radius 1 is 1.21 bits per heavy atom. The van der Waals surface area contributed by atoms with Gasteiger partial charge in [-0.05, 0) is 55.8 Å². The van der Waals surface area contributed by atoms with E-state index >= 15 is 0 Å². The molecule has 2 aliphatic heterocycles. The van der Waals surface area contributed by atoms with Gasteiger partial charge in [0.1, 0.15) is 5.82 Å². The zero-order chi connectivity index (χ0) is 19.5. The van der Waals surface area contributed by atoms with E-state index < -0.39 is 0 Å². The molecule has 1 aromatic carbocycles. The number of amides is 1. The van der Waals surface area contributed by atoms with Gasteiger partial charge in [-0.25, -0.2) is 4.98 Å². The van der Waals surface area contributed by atoms with Crippen molar-refractivity contribution in [3.8, 4) is 11.5 Å². The standard InChI is InChI=1S/C21H26N4O3/c1-24(2)20-16(6-5-9-22-20)21(26)23-13-17(25-10-3-4-11-25)15-7-8-18-19(12-15)28-14-27-18/h5-9,12,17H,3-4,10-11,13-14H2,1-2H3,(H,23,26). The van der Waals surface area contributed by atoms with Crippen molar-refractivity contribution in [2.75, 3.05) is 45.4 Å². The number of benzene rings is 1. The van der Waals surface area contributed by atoms with Crippen LogP contribution in [0.2, 0.25) is 0 Å². The van der Waals surface area contributed by atoms with Gasteiger partial charge in [-0.15, -0.1) is 0 Å². The van der Waals surface area contributed by atoms with Gasteiger partial charge >= 0.3 is 0 Å². The number of carbonyl (C=O) groups excluding carboxylic acids is 1. The predicted octanol–water partition coefficient (Wildman–Crippen LogP) is 2.44. The van der Waals surface area contributed by atoms with Gasteiger partial charge in [0.2, 0.25) is 6.79 Å². The Balaban J connectivity index is 1.53. The Labute approximate surface area is 165 Å². The minimum absolute atomic E-state index is 0.0976. The topological polar surface area (TPSA) is 66.9 Å². The highest BCUT2D eigenvalue weighted by molar-refractivity contribution is 5.98. The molecule has 1 atom stereocenters. The van der Waals surface area contributed by atoms with Crippen LogP contribution in [-0.4, -0.2) is 56.3 Å². The summed E-state index contributed by atoms with van der Waals surface area (Å²) < 4.78 is 11.0. The lowest BCUT2D eigenvalue weighted by atomic mass is 10.0. The number of hydrogen-bond donors (Lipinski definition) is 1. The van der Waals surface area contributed by atoms with Crippen LogP contribution in [0.15, 0.2) is 36.5 Å². The van der Waals surface area contributed by atoms with Gasteiger partial charge in [0.05, 0.1) is 11.6 Å². The van der Waals surface area contributed by atoms with Crippen molar-refractivity contribution in [2.24, 2.45) is 0 Å². The van der Waals surface area contributed by atoms with E-state index in [0.717, 1.165) is 30.2 Å². The molecule has 1 unspecified atom stereocenters. The molecule has 0 saturated carbocycles. The fourth-order valence-electron chi connectivity index (χ4n) is 3.85. The Hall–Kier alpha value is -2.80. The molecule has 2 aliphatic rings. The number of carbonyl (C=O) groups is 1. The molecule has 7 nitrogen and oxygen atoms in total. The normalized spacial score (nSPS) is 16.8. The number of hydrogen-bond acceptors (Lipinski definition) is 6. The first kappa shape index (κ1) is 18.6. The van der Waals surface area contributed by atoms with E-state index in [1.54, 1.807) is 12.3 Å². The summed E-state index contributed by atoms with van der Waals surface area (Å²) in [5.41, 5.74) is 1.71. The fourth-order valence-corrected chi connectivity index (χ4v) is 3.85. The molecule has 1 amide bonds. The second-order valence-corrected chi connectivity index (χ2v) is 7.35. The SMILES string of the molecule is CN(C)c1ncccc1C(=O)NCC(c1ccc2c(c1)OCO2)N1CCCC1. The number of rotatable bonds is 6. The summed E-state index contributed by atoms with van der Waals surface area (Å²) in [6.45, 7) is 2.86. The molecule has 0 radical (unpaired) electrons. The van der Waals surface area contributed by atoms with E-state index in [0.29, 0.717) is 17.9 Å². The zero-order valence-electron chi connectivity index (χ0n) is 16.4. The molecule has 2 aromatic rings. The lowest BCUT2D eigenvalue weighted by Gasteiger charge is -2.28. The Kier molecular flexibility index (Phi) is 5.34. The van der Waals surface area contributed by atoms with Crippen LogP contribution in [0, 0.1) is 0 Å². The van der Waals surface area contributed by atoms with Crippen molar-refractivity contribution < 1.29 is 14.3 Å². The molecule has 28 heavy (non-hydrogen) atoms. The van der Waals surface area contributed by atoms with Crippen molar-refractivity contribution in [1.29, 1.82) is 0 Å². The molecular formula is C21H26N4O3. The quantitative estimate of drug-likeness (QED) is 0.828. The van der Waals surface area contributed by atoms with Crippen molar-refractivity contribution >= 4 is 11.7 Å². The molecular weight excluding hydrogens is 356 g/mol. The smallest absolute Gasteiger partial charge is 0.255 e. The van der Waals surface area contributed by atoms with Crippen LogP contribution in [0.25, 0.3) is 0 Å². The average Bonchev–Trinajstić information content (AvgIpc) is 3.39. The fraction of sp³-hybridized carbons (Fsp3) is 0.429. The van der Waals surface area contributed by atoms with E-state index in [-0.39, 0.29) is 18.7 Å². The zero-order valence-corrected chi connectivity index (χ0v) is 16.4. The maximum atomic E-state index is 12.9. The van der Waals surface area contributed by atoms with Gasteiger partial charge < -0.3 is 19.7 Å². The third-order valence-electron chi connectivity index (χ3n) is 5.27. The number of nitrogens with zero attached hydrogens (tertiary/aromatic N) is 3. The highest BCUT2D eigenvalue weighted by atomic mass is 16.7. The van der Waals surface area contributed by atoms with E-state index in [4.69, 9.17) is 9.47 Å². The van der Waals surface area contributed by atoms with E-state index in [9.17, 15) is 4.79 Å². The average molecular weight is 382 g/mol. The number of anilines is 1. The molecule has 1 N–H and O–H groups in total. The summed E-state index contributed by atoms with van der Waals surface area (Å²) in [5.74, 6) is 2.11. The molecule has 0 aliphatic carbocycles. The maximum absolute atomic E-state index is 12.9. The van der Waals surface area contributed by atoms with Crippen molar-refractivity contribution in [2.45, 2.75) is 18.9 Å². The summed E-state index contributed by atoms with van der Waals surface area (Å²) in [6, 6.07) is 9.75. The van der Waals surface area contributed by atoms with Crippen LogP contribution in [0.5, 0.6) is 11.5 Å². The van der Waals surface area contributed by atoms with Crippen LogP contribution >= 0.6 is 0 Å². The van der Waals surface area contributed by atoms with Gasteiger partial charge in [-0.2, -0.15) is 0 Å². The minimum atomic E-state index is -0.109. The van der Waals surface area contributed by atoms with Crippen molar-refractivity contribution in [3.63, 3.8) is 0 Å². The van der Waals surface area contributed by atoms with Crippen LogP contribution in [0.1, 0.15) is 34.8 Å². The number of ether oxygens (including phenoxy) is 2. The molecule has 4 rings (SSSR count). The first-order valence-electron chi connectivity index (χ1n) is 9.67. The van der Waals surface area contributed by atoms with Crippen LogP contribution in [0.4, 0.5) is 5.82 Å². The number of likely N-dealkylation sites (tertiary alicyclic amines) is 1. The first-order valence-corrected chi connectivity index (χ1v) is 9.67. The van der Waals surface area contributed by atoms with Crippen LogP contribution in [0.3, 0.4) is 0 Å². The summed E-state index contributed by atoms with van der Waals surface area (Å²) in [5, 5.41) is 3.12. The summed E-state index contributed by atoms with van der Waals surface area (Å²) >= 11 is 0. The van der Waals surface area contributed by atoms with Gasteiger partial charge in [-0.1, -0.05) is 6.07 Å². The summed E-state index contributed by atoms with van der Waals surface area (Å²) in [6.07, 6.45) is 4.07. The number of aromatic nitrogens is 1. The summed E-state index contributed by atoms with van der Waals surface area (Å²) in [7, 11) is 3.78. The predicted molar refractivity (Wildman–Crippen MR) is 107 cm³/mol. The van der Waals surface area contributed by atoms with Crippen molar-refractivity contribution in [3.05, 3.63) is 47.7 Å². The molecule has 0 bridgehead atoms. The Bertz CT molecular complexity index is 849. The Morgan fingerprint density at radius 3 is 2.79 bits per heavy atom. The molecule has 7 heteroatoms. The largest absolute Gasteiger partial charge is 0.454 e. The van der Waals surface area contributed by atoms with E-state index in [2.05, 4.69) is 21.3 Å². The van der Waals surface area contributed by atoms with Gasteiger partial charge in [0.25, 0.3) is 5.91 Å². The van der Waals surface area contributed by atoms with Gasteiger partial charge in [0, 0.05) is 26.8 Å². The first-order chi connectivity index (χ1) is 13.6. The maximum Gasteiger partial charge on any atom is 0.255 e. The molecule has 1 aromatic heterocycles. The minimum Gasteiger partial charge on any atom is -0.454 e. The van der Waals surface area contributed by atoms with Crippen molar-refractivity contribution in [1.82, 2.24) is 15.2 Å². The molecule has 1 saturated heterocycles. The lowest BCUT2D eigenvalue weighted by molar-refractivity contribution is 0.0938. The number of fused-ring (bicyclic) bond motifs is 1. The number of nitrogens with one attached hydrogen (secondary N) is 1. The number of pyridine rings is 1. The van der Waals surface area contributed by atoms with Gasteiger partial charge in [-0.3, -0.25) is 9.69 Å². The summed E-state index contributed by atoms with van der Waals surface area (Å²) in [4.78, 5) is 21.5. The van der Waals surface area contributed by atoms with E-state index in [1.807, 2.05) is 37.2 Å². The lowest BCUT2D eigenvalue weighted by Crippen LogP contribution is -2.37. The highest BCUT2D eigenvalue weighted by Gasteiger charge is 2.26. The van der Waals surface area contributed by atoms with Crippen LogP contribution < -0.4 is 19.7 Å². The van der Waals surface area contributed by atoms with Crippen LogP contribution in [-0.2, 0) is 0 Å². The monoisotopic (exact) mass is 382 g/mol. The molecule has 3 heterocycles. The van der Waals surface area contributed by atoms with E-state index in [1.165, 1.54) is 12.8 Å². The molecule has 1 fully saturated rings. The second-order valence-electron chi connectivity index (χ2n) is 7.35. The highest BCUT2D eigenvalue weighted by Crippen LogP contribution is 2.36. The second kappa shape index (κ2) is 8.06. The Morgan fingerprint density at radius 2 is 2.00 bits per heavy atom. The molecule has 0 spiro atoms. The third kappa shape index (κ3) is 3.75. The van der Waals surface area contributed by atoms with Gasteiger partial charge in [0.15, 0.2) is 11.5 Å². The molecule has 148 valence electrons.